The first-order valence-corrected chi connectivity index (χ1v) is 7.54. The maximum absolute atomic E-state index is 12.0. The molecule has 1 fully saturated rings. The van der Waals surface area contributed by atoms with Crippen LogP contribution in [0.4, 0.5) is 4.79 Å². The van der Waals surface area contributed by atoms with Crippen molar-refractivity contribution in [2.75, 3.05) is 13.1 Å². The van der Waals surface area contributed by atoms with E-state index in [2.05, 4.69) is 5.32 Å². The van der Waals surface area contributed by atoms with Gasteiger partial charge in [0.05, 0.1) is 0 Å². The van der Waals surface area contributed by atoms with Crippen molar-refractivity contribution < 1.29 is 23.9 Å². The second-order valence-electron chi connectivity index (χ2n) is 6.51. The van der Waals surface area contributed by atoms with E-state index in [0.29, 0.717) is 25.9 Å². The third kappa shape index (κ3) is 6.32. The quantitative estimate of drug-likeness (QED) is 0.797. The average molecular weight is 314 g/mol. The first kappa shape index (κ1) is 18.3. The number of likely N-dealkylation sites (tertiary alicyclic amines) is 1. The molecule has 1 N–H and O–H groups in total. The number of nitrogens with one attached hydrogen (secondary N) is 1. The maximum atomic E-state index is 12.0. The first-order chi connectivity index (χ1) is 10.1. The summed E-state index contributed by atoms with van der Waals surface area (Å²) in [7, 11) is 0. The summed E-state index contributed by atoms with van der Waals surface area (Å²) in [5.74, 6) is -0.461. The van der Waals surface area contributed by atoms with Crippen LogP contribution >= 0.6 is 0 Å². The molecule has 1 aliphatic rings. The molecular weight excluding hydrogens is 288 g/mol. The Kier molecular flexibility index (Phi) is 6.20. The van der Waals surface area contributed by atoms with Crippen LogP contribution in [0.25, 0.3) is 0 Å². The minimum Gasteiger partial charge on any atom is -0.461 e. The standard InChI is InChI=1S/C15H26N2O5/c1-10(16-14(20)22-15(3,4)5)13(19)21-12-6-8-17(9-7-12)11(2)18/h10,12H,6-9H2,1-5H3,(H,16,20)/t10-/m0/s1. The molecule has 0 aromatic carbocycles. The van der Waals surface area contributed by atoms with Gasteiger partial charge in [0.25, 0.3) is 0 Å². The molecule has 1 rings (SSSR count). The fourth-order valence-corrected chi connectivity index (χ4v) is 2.10. The number of nitrogens with zero attached hydrogens (tertiary/aromatic N) is 1. The molecular formula is C15H26N2O5. The number of hydrogen-bond acceptors (Lipinski definition) is 5. The number of piperidine rings is 1. The van der Waals surface area contributed by atoms with E-state index in [1.807, 2.05) is 0 Å². The van der Waals surface area contributed by atoms with E-state index in [4.69, 9.17) is 9.47 Å². The van der Waals surface area contributed by atoms with Crippen LogP contribution in [0.1, 0.15) is 47.5 Å². The fourth-order valence-electron chi connectivity index (χ4n) is 2.10. The van der Waals surface area contributed by atoms with Crippen LogP contribution in [-0.4, -0.2) is 53.7 Å². The first-order valence-electron chi connectivity index (χ1n) is 7.54. The van der Waals surface area contributed by atoms with Crippen molar-refractivity contribution in [3.63, 3.8) is 0 Å². The Balaban J connectivity index is 2.36. The number of rotatable bonds is 3. The monoisotopic (exact) mass is 314 g/mol. The average Bonchev–Trinajstić information content (AvgIpc) is 2.36. The molecule has 1 heterocycles. The molecule has 126 valence electrons. The number of carbonyl (C=O) groups excluding carboxylic acids is 3. The molecule has 0 spiro atoms. The lowest BCUT2D eigenvalue weighted by Crippen LogP contribution is -2.45. The second kappa shape index (κ2) is 7.47. The molecule has 0 unspecified atom stereocenters. The van der Waals surface area contributed by atoms with Gasteiger partial charge in [0, 0.05) is 32.9 Å². The van der Waals surface area contributed by atoms with Crippen molar-refractivity contribution in [1.82, 2.24) is 10.2 Å². The molecule has 22 heavy (non-hydrogen) atoms. The molecule has 1 saturated heterocycles. The molecule has 1 atom stereocenters. The maximum Gasteiger partial charge on any atom is 0.408 e. The van der Waals surface area contributed by atoms with E-state index in [0.717, 1.165) is 0 Å². The minimum absolute atomic E-state index is 0.0322. The van der Waals surface area contributed by atoms with Crippen molar-refractivity contribution in [1.29, 1.82) is 0 Å². The largest absolute Gasteiger partial charge is 0.461 e. The highest BCUT2D eigenvalue weighted by atomic mass is 16.6. The Morgan fingerprint density at radius 3 is 2.18 bits per heavy atom. The van der Waals surface area contributed by atoms with Gasteiger partial charge in [-0.1, -0.05) is 0 Å². The summed E-state index contributed by atoms with van der Waals surface area (Å²) in [6.07, 6.45) is 0.365. The van der Waals surface area contributed by atoms with E-state index in [9.17, 15) is 14.4 Å². The number of esters is 1. The second-order valence-corrected chi connectivity index (χ2v) is 6.51. The number of carbonyl (C=O) groups is 3. The normalized spacial score (nSPS) is 17.6. The SMILES string of the molecule is CC(=O)N1CCC(OC(=O)[C@H](C)NC(=O)OC(C)(C)C)CC1. The number of ether oxygens (including phenoxy) is 2. The summed E-state index contributed by atoms with van der Waals surface area (Å²) in [5, 5.41) is 2.45. The highest BCUT2D eigenvalue weighted by molar-refractivity contribution is 5.81. The van der Waals surface area contributed by atoms with Gasteiger partial charge in [-0.15, -0.1) is 0 Å². The van der Waals surface area contributed by atoms with Crippen LogP contribution in [0.3, 0.4) is 0 Å². The summed E-state index contributed by atoms with van der Waals surface area (Å²) in [6.45, 7) is 9.49. The van der Waals surface area contributed by atoms with E-state index in [-0.39, 0.29) is 12.0 Å². The van der Waals surface area contributed by atoms with Crippen LogP contribution in [0.15, 0.2) is 0 Å². The van der Waals surface area contributed by atoms with Gasteiger partial charge in [0.2, 0.25) is 5.91 Å². The number of alkyl carbamates (subject to hydrolysis) is 1. The Morgan fingerprint density at radius 1 is 1.18 bits per heavy atom. The number of amides is 2. The Bertz CT molecular complexity index is 422. The summed E-state index contributed by atoms with van der Waals surface area (Å²) in [5.41, 5.74) is -0.618. The third-order valence-corrected chi connectivity index (χ3v) is 3.26. The zero-order chi connectivity index (χ0) is 16.9. The zero-order valence-electron chi connectivity index (χ0n) is 14.0. The summed E-state index contributed by atoms with van der Waals surface area (Å²) in [6, 6.07) is -0.777. The topological polar surface area (TPSA) is 84.9 Å². The van der Waals surface area contributed by atoms with Crippen molar-refractivity contribution >= 4 is 18.0 Å². The van der Waals surface area contributed by atoms with Gasteiger partial charge in [-0.2, -0.15) is 0 Å². The predicted octanol–water partition coefficient (Wildman–Crippen LogP) is 1.45. The van der Waals surface area contributed by atoms with Crippen molar-refractivity contribution in [2.24, 2.45) is 0 Å². The predicted molar refractivity (Wildman–Crippen MR) is 80.2 cm³/mol. The van der Waals surface area contributed by atoms with Crippen molar-refractivity contribution in [2.45, 2.75) is 65.2 Å². The van der Waals surface area contributed by atoms with Crippen molar-refractivity contribution in [3.8, 4) is 0 Å². The van der Waals surface area contributed by atoms with Gasteiger partial charge >= 0.3 is 12.1 Å². The molecule has 0 aromatic heterocycles. The fraction of sp³-hybridized carbons (Fsp3) is 0.800. The van der Waals surface area contributed by atoms with Gasteiger partial charge < -0.3 is 19.7 Å². The zero-order valence-corrected chi connectivity index (χ0v) is 14.0. The lowest BCUT2D eigenvalue weighted by Gasteiger charge is -2.31. The van der Waals surface area contributed by atoms with Gasteiger partial charge in [-0.05, 0) is 27.7 Å². The molecule has 7 heteroatoms. The Morgan fingerprint density at radius 2 is 1.73 bits per heavy atom. The van der Waals surface area contributed by atoms with Gasteiger partial charge in [-0.3, -0.25) is 4.79 Å². The Hall–Kier alpha value is -1.79. The van der Waals surface area contributed by atoms with E-state index in [1.165, 1.54) is 6.92 Å². The molecule has 0 aromatic rings. The minimum atomic E-state index is -0.777. The van der Waals surface area contributed by atoms with E-state index >= 15 is 0 Å². The van der Waals surface area contributed by atoms with Crippen LogP contribution in [0, 0.1) is 0 Å². The van der Waals surface area contributed by atoms with E-state index in [1.54, 1.807) is 32.6 Å². The van der Waals surface area contributed by atoms with Gasteiger partial charge in [0.1, 0.15) is 17.7 Å². The van der Waals surface area contributed by atoms with Gasteiger partial charge in [0.15, 0.2) is 0 Å². The molecule has 1 aliphatic heterocycles. The number of hydrogen-bond donors (Lipinski definition) is 1. The van der Waals surface area contributed by atoms with Crippen LogP contribution < -0.4 is 5.32 Å². The highest BCUT2D eigenvalue weighted by Crippen LogP contribution is 2.14. The lowest BCUT2D eigenvalue weighted by molar-refractivity contribution is -0.154. The summed E-state index contributed by atoms with van der Waals surface area (Å²) in [4.78, 5) is 36.5. The highest BCUT2D eigenvalue weighted by Gasteiger charge is 2.27. The summed E-state index contributed by atoms with van der Waals surface area (Å²) < 4.78 is 10.5. The molecule has 0 saturated carbocycles. The van der Waals surface area contributed by atoms with E-state index < -0.39 is 23.7 Å². The third-order valence-electron chi connectivity index (χ3n) is 3.26. The smallest absolute Gasteiger partial charge is 0.408 e. The van der Waals surface area contributed by atoms with Crippen molar-refractivity contribution in [3.05, 3.63) is 0 Å². The van der Waals surface area contributed by atoms with Crippen LogP contribution in [0.5, 0.6) is 0 Å². The molecule has 0 aliphatic carbocycles. The lowest BCUT2D eigenvalue weighted by atomic mass is 10.1. The van der Waals surface area contributed by atoms with Crippen LogP contribution in [0.2, 0.25) is 0 Å². The summed E-state index contributed by atoms with van der Waals surface area (Å²) >= 11 is 0. The van der Waals surface area contributed by atoms with Crippen LogP contribution in [-0.2, 0) is 19.1 Å². The molecule has 7 nitrogen and oxygen atoms in total. The van der Waals surface area contributed by atoms with Gasteiger partial charge in [-0.25, -0.2) is 9.59 Å². The molecule has 2 amide bonds. The molecule has 0 bridgehead atoms. The molecule has 0 radical (unpaired) electrons. The Labute approximate surface area is 131 Å².